The first kappa shape index (κ1) is 11.7. The first-order chi connectivity index (χ1) is 6.84. The maximum atomic E-state index is 12.8. The van der Waals surface area contributed by atoms with E-state index in [1.807, 2.05) is 0 Å². The fourth-order valence-corrected chi connectivity index (χ4v) is 1.66. The molecular weight excluding hydrogens is 233 g/mol. The fraction of sp³-hybridized carbons (Fsp3) is 0. The van der Waals surface area contributed by atoms with E-state index in [1.165, 1.54) is 12.1 Å². The molecule has 0 bridgehead atoms. The van der Waals surface area contributed by atoms with E-state index < -0.39 is 32.5 Å². The molecule has 0 unspecified atom stereocenters. The second-order valence-electron chi connectivity index (χ2n) is 2.55. The van der Waals surface area contributed by atoms with Gasteiger partial charge in [0.05, 0.1) is 0 Å². The van der Waals surface area contributed by atoms with Crippen molar-refractivity contribution in [3.63, 3.8) is 0 Å². The molecule has 0 aliphatic heterocycles. The third-order valence-electron chi connectivity index (χ3n) is 1.57. The van der Waals surface area contributed by atoms with Crippen LogP contribution in [0.2, 0.25) is 0 Å². The van der Waals surface area contributed by atoms with E-state index in [9.17, 15) is 21.6 Å². The van der Waals surface area contributed by atoms with Crippen LogP contribution in [0.5, 0.6) is 0 Å². The average molecular weight is 238 g/mol. The summed E-state index contributed by atoms with van der Waals surface area (Å²) in [6.45, 7) is 0. The summed E-state index contributed by atoms with van der Waals surface area (Å²) >= 11 is 0. The van der Waals surface area contributed by atoms with Crippen LogP contribution in [0.15, 0.2) is 35.2 Å². The predicted octanol–water partition coefficient (Wildman–Crippen LogP) is 2.47. The minimum atomic E-state index is -4.72. The van der Waals surface area contributed by atoms with Crippen molar-refractivity contribution in [3.8, 4) is 0 Å². The molecule has 0 fully saturated rings. The Morgan fingerprint density at radius 2 is 1.67 bits per heavy atom. The molecule has 0 heterocycles. The first-order valence-electron chi connectivity index (χ1n) is 3.61. The number of hydrogen-bond donors (Lipinski definition) is 1. The van der Waals surface area contributed by atoms with Crippen LogP contribution in [0.1, 0.15) is 5.56 Å². The molecule has 0 saturated carbocycles. The largest absolute Gasteiger partial charge is 0.306 e. The van der Waals surface area contributed by atoms with Gasteiger partial charge in [-0.25, -0.2) is 4.39 Å². The highest BCUT2D eigenvalue weighted by Crippen LogP contribution is 2.27. The van der Waals surface area contributed by atoms with Gasteiger partial charge in [-0.2, -0.15) is 17.2 Å². The SMILES string of the molecule is O=S(=O)(O)c1ccccc1C(F)=C(F)F. The molecule has 1 rings (SSSR count). The summed E-state index contributed by atoms with van der Waals surface area (Å²) in [6.07, 6.45) is -2.65. The van der Waals surface area contributed by atoms with Crippen molar-refractivity contribution in [3.05, 3.63) is 35.9 Å². The topological polar surface area (TPSA) is 54.4 Å². The van der Waals surface area contributed by atoms with E-state index in [-0.39, 0.29) is 0 Å². The molecule has 3 nitrogen and oxygen atoms in total. The number of halogens is 3. The molecule has 1 N–H and O–H groups in total. The smallest absolute Gasteiger partial charge is 0.282 e. The third kappa shape index (κ3) is 2.57. The van der Waals surface area contributed by atoms with Crippen molar-refractivity contribution >= 4 is 15.9 Å². The molecule has 0 radical (unpaired) electrons. The normalized spacial score (nSPS) is 11.2. The van der Waals surface area contributed by atoms with Gasteiger partial charge < -0.3 is 0 Å². The van der Waals surface area contributed by atoms with Crippen LogP contribution in [0, 0.1) is 0 Å². The molecular formula is C8H5F3O3S. The Balaban J connectivity index is 3.52. The van der Waals surface area contributed by atoms with Crippen molar-refractivity contribution in [1.82, 2.24) is 0 Å². The second kappa shape index (κ2) is 4.03. The van der Waals surface area contributed by atoms with Crippen molar-refractivity contribution < 1.29 is 26.1 Å². The maximum Gasteiger partial charge on any atom is 0.306 e. The van der Waals surface area contributed by atoms with Crippen molar-refractivity contribution in [2.75, 3.05) is 0 Å². The van der Waals surface area contributed by atoms with E-state index in [0.29, 0.717) is 0 Å². The lowest BCUT2D eigenvalue weighted by Crippen LogP contribution is -2.01. The van der Waals surface area contributed by atoms with Crippen LogP contribution in [0.3, 0.4) is 0 Å². The van der Waals surface area contributed by atoms with Gasteiger partial charge in [0.1, 0.15) is 4.90 Å². The highest BCUT2D eigenvalue weighted by atomic mass is 32.2. The summed E-state index contributed by atoms with van der Waals surface area (Å²) < 4.78 is 66.7. The second-order valence-corrected chi connectivity index (χ2v) is 3.94. The minimum absolute atomic E-state index is 0.827. The van der Waals surface area contributed by atoms with Crippen molar-refractivity contribution in [1.29, 1.82) is 0 Å². The molecule has 15 heavy (non-hydrogen) atoms. The van der Waals surface area contributed by atoms with Gasteiger partial charge in [-0.3, -0.25) is 4.55 Å². The molecule has 0 aliphatic carbocycles. The summed E-state index contributed by atoms with van der Waals surface area (Å²) in [5.41, 5.74) is -0.861. The number of hydrogen-bond acceptors (Lipinski definition) is 2. The van der Waals surface area contributed by atoms with E-state index in [4.69, 9.17) is 4.55 Å². The standard InChI is InChI=1S/C8H5F3O3S/c9-7(8(10)11)5-3-1-2-4-6(5)15(12,13)14/h1-4H,(H,12,13,14). The number of benzene rings is 1. The Morgan fingerprint density at radius 3 is 2.13 bits per heavy atom. The van der Waals surface area contributed by atoms with E-state index in [2.05, 4.69) is 0 Å². The van der Waals surface area contributed by atoms with Gasteiger partial charge in [-0.05, 0) is 6.07 Å². The van der Waals surface area contributed by atoms with Gasteiger partial charge in [0.2, 0.25) is 0 Å². The Labute approximate surface area is 83.6 Å². The van der Waals surface area contributed by atoms with Crippen LogP contribution in [0.25, 0.3) is 5.83 Å². The minimum Gasteiger partial charge on any atom is -0.282 e. The third-order valence-corrected chi connectivity index (χ3v) is 2.48. The lowest BCUT2D eigenvalue weighted by molar-refractivity contribution is 0.410. The average Bonchev–Trinajstić information content (AvgIpc) is 2.15. The van der Waals surface area contributed by atoms with E-state index >= 15 is 0 Å². The van der Waals surface area contributed by atoms with Gasteiger partial charge in [0, 0.05) is 5.56 Å². The van der Waals surface area contributed by atoms with Crippen LogP contribution in [0.4, 0.5) is 13.2 Å². The zero-order valence-electron chi connectivity index (χ0n) is 7.12. The molecule has 7 heteroatoms. The summed E-state index contributed by atoms with van der Waals surface area (Å²) in [5, 5.41) is 0. The Bertz CT molecular complexity index is 504. The summed E-state index contributed by atoms with van der Waals surface area (Å²) in [6, 6.07) is 4.01. The summed E-state index contributed by atoms with van der Waals surface area (Å²) in [4.78, 5) is -0.893. The van der Waals surface area contributed by atoms with Crippen LogP contribution in [-0.2, 0) is 10.1 Å². The summed E-state index contributed by atoms with van der Waals surface area (Å²) in [7, 11) is -4.72. The van der Waals surface area contributed by atoms with Gasteiger partial charge in [-0.1, -0.05) is 18.2 Å². The highest BCUT2D eigenvalue weighted by Gasteiger charge is 2.20. The van der Waals surface area contributed by atoms with Gasteiger partial charge >= 0.3 is 6.08 Å². The van der Waals surface area contributed by atoms with E-state index in [1.54, 1.807) is 0 Å². The lowest BCUT2D eigenvalue weighted by Gasteiger charge is -2.03. The quantitative estimate of drug-likeness (QED) is 0.805. The molecule has 0 atom stereocenters. The Morgan fingerprint density at radius 1 is 1.13 bits per heavy atom. The maximum absolute atomic E-state index is 12.8. The van der Waals surface area contributed by atoms with Crippen LogP contribution < -0.4 is 0 Å². The zero-order chi connectivity index (χ0) is 11.6. The highest BCUT2D eigenvalue weighted by molar-refractivity contribution is 7.85. The number of rotatable bonds is 2. The lowest BCUT2D eigenvalue weighted by atomic mass is 10.2. The molecule has 0 aliphatic rings. The molecule has 0 aromatic heterocycles. The van der Waals surface area contributed by atoms with Gasteiger partial charge in [0.15, 0.2) is 5.83 Å². The predicted molar refractivity (Wildman–Crippen MR) is 46.5 cm³/mol. The Hall–Kier alpha value is -1.34. The molecule has 0 saturated heterocycles. The van der Waals surface area contributed by atoms with Crippen molar-refractivity contribution in [2.45, 2.75) is 4.90 Å². The van der Waals surface area contributed by atoms with E-state index in [0.717, 1.165) is 12.1 Å². The van der Waals surface area contributed by atoms with Gasteiger partial charge in [-0.15, -0.1) is 0 Å². The van der Waals surface area contributed by atoms with Crippen molar-refractivity contribution in [2.24, 2.45) is 0 Å². The zero-order valence-corrected chi connectivity index (χ0v) is 7.93. The molecule has 0 spiro atoms. The molecule has 0 amide bonds. The monoisotopic (exact) mass is 238 g/mol. The van der Waals surface area contributed by atoms with Crippen LogP contribution >= 0.6 is 0 Å². The fourth-order valence-electron chi connectivity index (χ4n) is 0.975. The molecule has 1 aromatic carbocycles. The molecule has 82 valence electrons. The Kier molecular flexibility index (Phi) is 3.15. The molecule has 1 aromatic rings. The summed E-state index contributed by atoms with van der Waals surface area (Å²) in [5.74, 6) is -1.97. The van der Waals surface area contributed by atoms with Crippen LogP contribution in [-0.4, -0.2) is 13.0 Å². The van der Waals surface area contributed by atoms with Gasteiger partial charge in [0.25, 0.3) is 10.1 Å². The first-order valence-corrected chi connectivity index (χ1v) is 5.05.